The summed E-state index contributed by atoms with van der Waals surface area (Å²) in [6.45, 7) is 1.06. The summed E-state index contributed by atoms with van der Waals surface area (Å²) >= 11 is 0. The fraction of sp³-hybridized carbons (Fsp3) is 0.600. The van der Waals surface area contributed by atoms with Gasteiger partial charge in [0.05, 0.1) is 18.3 Å². The highest BCUT2D eigenvalue weighted by Gasteiger charge is 2.40. The average Bonchev–Trinajstić information content (AvgIpc) is 2.44. The molecule has 0 atom stereocenters. The summed E-state index contributed by atoms with van der Waals surface area (Å²) in [6.07, 6.45) is 6.64. The van der Waals surface area contributed by atoms with Crippen LogP contribution in [0, 0.1) is 0 Å². The van der Waals surface area contributed by atoms with Crippen molar-refractivity contribution in [3.8, 4) is 5.75 Å². The Labute approximate surface area is 109 Å². The average molecular weight is 246 g/mol. The minimum Gasteiger partial charge on any atom is -0.495 e. The summed E-state index contributed by atoms with van der Waals surface area (Å²) in [5.41, 5.74) is 2.72. The molecule has 1 fully saturated rings. The first-order valence-corrected chi connectivity index (χ1v) is 6.92. The number of ether oxygens (including phenoxy) is 1. The van der Waals surface area contributed by atoms with Crippen LogP contribution in [0.25, 0.3) is 0 Å². The number of rotatable bonds is 1. The van der Waals surface area contributed by atoms with E-state index in [2.05, 4.69) is 35.5 Å². The number of methoxy groups -OCH3 is 1. The molecule has 0 amide bonds. The maximum absolute atomic E-state index is 5.54. The van der Waals surface area contributed by atoms with Crippen molar-refractivity contribution < 1.29 is 4.74 Å². The summed E-state index contributed by atoms with van der Waals surface area (Å²) in [7, 11) is 3.99. The first-order chi connectivity index (χ1) is 8.77. The number of nitrogens with zero attached hydrogens (tertiary/aromatic N) is 1. The van der Waals surface area contributed by atoms with E-state index in [1.54, 1.807) is 7.11 Å². The lowest BCUT2D eigenvalue weighted by molar-refractivity contribution is 0.291. The largest absolute Gasteiger partial charge is 0.495 e. The van der Waals surface area contributed by atoms with E-state index in [-0.39, 0.29) is 0 Å². The van der Waals surface area contributed by atoms with Gasteiger partial charge in [-0.2, -0.15) is 0 Å². The van der Waals surface area contributed by atoms with Gasteiger partial charge in [-0.25, -0.2) is 0 Å². The number of hydrogen-bond donors (Lipinski definition) is 1. The lowest BCUT2D eigenvalue weighted by Crippen LogP contribution is -2.55. The number of likely N-dealkylation sites (N-methyl/N-ethyl adjacent to an activating group) is 1. The molecule has 0 bridgehead atoms. The van der Waals surface area contributed by atoms with Gasteiger partial charge in [-0.1, -0.05) is 25.3 Å². The Morgan fingerprint density at radius 3 is 2.72 bits per heavy atom. The topological polar surface area (TPSA) is 24.5 Å². The van der Waals surface area contributed by atoms with Crippen molar-refractivity contribution >= 4 is 11.4 Å². The normalized spacial score (nSPS) is 21.3. The van der Waals surface area contributed by atoms with Gasteiger partial charge in [0.25, 0.3) is 0 Å². The zero-order valence-corrected chi connectivity index (χ0v) is 11.3. The van der Waals surface area contributed by atoms with Crippen molar-refractivity contribution in [2.75, 3.05) is 30.9 Å². The van der Waals surface area contributed by atoms with Crippen molar-refractivity contribution in [1.82, 2.24) is 0 Å². The summed E-state index contributed by atoms with van der Waals surface area (Å²) in [5.74, 6) is 0.979. The molecular formula is C15H22N2O. The van der Waals surface area contributed by atoms with Crippen LogP contribution in [-0.2, 0) is 0 Å². The van der Waals surface area contributed by atoms with Crippen LogP contribution >= 0.6 is 0 Å². The van der Waals surface area contributed by atoms with Crippen molar-refractivity contribution in [3.63, 3.8) is 0 Å². The minimum atomic E-state index is 0.292. The van der Waals surface area contributed by atoms with Crippen LogP contribution in [0.15, 0.2) is 18.2 Å². The first-order valence-electron chi connectivity index (χ1n) is 6.92. The van der Waals surface area contributed by atoms with E-state index in [0.717, 1.165) is 12.3 Å². The molecule has 1 N–H and O–H groups in total. The van der Waals surface area contributed by atoms with Crippen molar-refractivity contribution in [3.05, 3.63) is 18.2 Å². The molecule has 3 nitrogen and oxygen atoms in total. The van der Waals surface area contributed by atoms with Crippen LogP contribution in [0.4, 0.5) is 11.4 Å². The van der Waals surface area contributed by atoms with Gasteiger partial charge in [0.2, 0.25) is 0 Å². The maximum Gasteiger partial charge on any atom is 0.144 e. The molecule has 1 spiro atoms. The third-order valence-electron chi connectivity index (χ3n) is 4.66. The molecule has 18 heavy (non-hydrogen) atoms. The predicted octanol–water partition coefficient (Wildman–Crippen LogP) is 3.26. The molecule has 3 heteroatoms. The highest BCUT2D eigenvalue weighted by Crippen LogP contribution is 2.46. The Hall–Kier alpha value is -1.38. The van der Waals surface area contributed by atoms with E-state index in [9.17, 15) is 0 Å². The van der Waals surface area contributed by atoms with Gasteiger partial charge < -0.3 is 15.0 Å². The molecular weight excluding hydrogens is 224 g/mol. The molecule has 2 aliphatic rings. The Bertz CT molecular complexity index is 424. The molecule has 1 aromatic carbocycles. The molecule has 3 rings (SSSR count). The van der Waals surface area contributed by atoms with Gasteiger partial charge in [0.1, 0.15) is 11.4 Å². The number of nitrogens with one attached hydrogen (secondary N) is 1. The zero-order valence-electron chi connectivity index (χ0n) is 11.3. The van der Waals surface area contributed by atoms with Gasteiger partial charge in [0, 0.05) is 13.6 Å². The molecule has 98 valence electrons. The second-order valence-corrected chi connectivity index (χ2v) is 5.55. The molecule has 1 heterocycles. The molecule has 1 aliphatic heterocycles. The number of benzene rings is 1. The van der Waals surface area contributed by atoms with Crippen molar-refractivity contribution in [2.45, 2.75) is 37.6 Å². The maximum atomic E-state index is 5.54. The quantitative estimate of drug-likeness (QED) is 0.823. The standard InChI is InChI=1S/C15H22N2O/c1-17-14-12(7-6-8-13(14)18-2)16-11-15(17)9-4-3-5-10-15/h6-8,16H,3-5,9-11H2,1-2H3. The van der Waals surface area contributed by atoms with Gasteiger partial charge in [0.15, 0.2) is 0 Å². The summed E-state index contributed by atoms with van der Waals surface area (Å²) in [5, 5.41) is 3.61. The smallest absolute Gasteiger partial charge is 0.144 e. The lowest BCUT2D eigenvalue weighted by Gasteiger charge is -2.50. The fourth-order valence-corrected chi connectivity index (χ4v) is 3.51. The van der Waals surface area contributed by atoms with Gasteiger partial charge >= 0.3 is 0 Å². The Morgan fingerprint density at radius 1 is 1.22 bits per heavy atom. The Morgan fingerprint density at radius 2 is 2.00 bits per heavy atom. The van der Waals surface area contributed by atoms with E-state index in [1.165, 1.54) is 43.5 Å². The molecule has 0 aromatic heterocycles. The van der Waals surface area contributed by atoms with Gasteiger partial charge in [-0.3, -0.25) is 0 Å². The third-order valence-corrected chi connectivity index (χ3v) is 4.66. The number of para-hydroxylation sites is 1. The highest BCUT2D eigenvalue weighted by atomic mass is 16.5. The second-order valence-electron chi connectivity index (χ2n) is 5.55. The molecule has 0 saturated heterocycles. The summed E-state index contributed by atoms with van der Waals surface area (Å²) < 4.78 is 5.54. The zero-order chi connectivity index (χ0) is 12.6. The Balaban J connectivity index is 2.02. The number of anilines is 2. The Kier molecular flexibility index (Phi) is 2.84. The molecule has 1 aliphatic carbocycles. The van der Waals surface area contributed by atoms with E-state index in [0.29, 0.717) is 5.54 Å². The molecule has 1 saturated carbocycles. The SMILES string of the molecule is COc1cccc2c1N(C)C1(CCCCC1)CN2. The fourth-order valence-electron chi connectivity index (χ4n) is 3.51. The van der Waals surface area contributed by atoms with Crippen molar-refractivity contribution in [2.24, 2.45) is 0 Å². The van der Waals surface area contributed by atoms with Crippen LogP contribution in [0.2, 0.25) is 0 Å². The van der Waals surface area contributed by atoms with Crippen LogP contribution in [0.5, 0.6) is 5.75 Å². The highest BCUT2D eigenvalue weighted by molar-refractivity contribution is 5.79. The van der Waals surface area contributed by atoms with Crippen LogP contribution in [0.3, 0.4) is 0 Å². The molecule has 1 aromatic rings. The minimum absolute atomic E-state index is 0.292. The van der Waals surface area contributed by atoms with Gasteiger partial charge in [-0.05, 0) is 25.0 Å². The van der Waals surface area contributed by atoms with Gasteiger partial charge in [-0.15, -0.1) is 0 Å². The molecule has 0 unspecified atom stereocenters. The summed E-state index contributed by atoms with van der Waals surface area (Å²) in [4.78, 5) is 2.47. The van der Waals surface area contributed by atoms with Crippen molar-refractivity contribution in [1.29, 1.82) is 0 Å². The van der Waals surface area contributed by atoms with E-state index >= 15 is 0 Å². The van der Waals surface area contributed by atoms with E-state index in [4.69, 9.17) is 4.74 Å². The number of fused-ring (bicyclic) bond motifs is 1. The predicted molar refractivity (Wildman–Crippen MR) is 75.7 cm³/mol. The lowest BCUT2D eigenvalue weighted by atomic mass is 9.79. The van der Waals surface area contributed by atoms with Crippen LogP contribution < -0.4 is 15.0 Å². The monoisotopic (exact) mass is 246 g/mol. The van der Waals surface area contributed by atoms with E-state index in [1.807, 2.05) is 0 Å². The molecule has 0 radical (unpaired) electrons. The summed E-state index contributed by atoms with van der Waals surface area (Å²) in [6, 6.07) is 6.25. The first kappa shape index (κ1) is 11.7. The second kappa shape index (κ2) is 4.38. The van der Waals surface area contributed by atoms with E-state index < -0.39 is 0 Å². The van der Waals surface area contributed by atoms with Crippen LogP contribution in [0.1, 0.15) is 32.1 Å². The number of hydrogen-bond acceptors (Lipinski definition) is 3. The third kappa shape index (κ3) is 1.64. The van der Waals surface area contributed by atoms with Crippen LogP contribution in [-0.4, -0.2) is 26.2 Å².